The number of ether oxygens (including phenoxy) is 2. The summed E-state index contributed by atoms with van der Waals surface area (Å²) in [7, 11) is 1.62. The number of aliphatic hydroxyl groups excluding tert-OH is 1. The predicted molar refractivity (Wildman–Crippen MR) is 77.8 cm³/mol. The van der Waals surface area contributed by atoms with Crippen LogP contribution in [0.25, 0.3) is 0 Å². The summed E-state index contributed by atoms with van der Waals surface area (Å²) in [6.45, 7) is 1.72. The largest absolute Gasteiger partial charge is 0.497 e. The van der Waals surface area contributed by atoms with Crippen LogP contribution in [0.4, 0.5) is 0 Å². The smallest absolute Gasteiger partial charge is 0.131 e. The van der Waals surface area contributed by atoms with Crippen LogP contribution in [0.15, 0.2) is 46.9 Å². The molecule has 4 heteroatoms. The Morgan fingerprint density at radius 1 is 1.05 bits per heavy atom. The van der Waals surface area contributed by atoms with Gasteiger partial charge in [-0.15, -0.1) is 0 Å². The number of rotatable bonds is 4. The number of methoxy groups -OCH3 is 1. The SMILES string of the molecule is COc1cccc(Oc2ccc([C@@H](C)O)c(Br)c2)c1. The summed E-state index contributed by atoms with van der Waals surface area (Å²) in [6, 6.07) is 12.9. The molecule has 3 nitrogen and oxygen atoms in total. The highest BCUT2D eigenvalue weighted by Gasteiger charge is 2.08. The predicted octanol–water partition coefficient (Wildman–Crippen LogP) is 4.30. The lowest BCUT2D eigenvalue weighted by Crippen LogP contribution is -1.93. The molecule has 1 N–H and O–H groups in total. The van der Waals surface area contributed by atoms with E-state index in [0.29, 0.717) is 11.5 Å². The number of benzene rings is 2. The van der Waals surface area contributed by atoms with Crippen molar-refractivity contribution < 1.29 is 14.6 Å². The van der Waals surface area contributed by atoms with Gasteiger partial charge in [0.15, 0.2) is 0 Å². The van der Waals surface area contributed by atoms with E-state index < -0.39 is 6.10 Å². The molecule has 0 aliphatic carbocycles. The number of hydrogen-bond acceptors (Lipinski definition) is 3. The Kier molecular flexibility index (Phi) is 4.45. The van der Waals surface area contributed by atoms with E-state index in [9.17, 15) is 5.11 Å². The fourth-order valence-corrected chi connectivity index (χ4v) is 2.40. The van der Waals surface area contributed by atoms with Gasteiger partial charge in [-0.3, -0.25) is 0 Å². The highest BCUT2D eigenvalue weighted by molar-refractivity contribution is 9.10. The van der Waals surface area contributed by atoms with Crippen molar-refractivity contribution in [1.82, 2.24) is 0 Å². The summed E-state index contributed by atoms with van der Waals surface area (Å²) < 4.78 is 11.7. The van der Waals surface area contributed by atoms with E-state index >= 15 is 0 Å². The van der Waals surface area contributed by atoms with E-state index in [4.69, 9.17) is 9.47 Å². The van der Waals surface area contributed by atoms with Crippen molar-refractivity contribution in [3.63, 3.8) is 0 Å². The number of halogens is 1. The molecular formula is C15H15BrO3. The Balaban J connectivity index is 2.21. The Bertz CT molecular complexity index is 567. The molecule has 19 heavy (non-hydrogen) atoms. The molecule has 0 aromatic heterocycles. The summed E-state index contributed by atoms with van der Waals surface area (Å²) in [6.07, 6.45) is -0.514. The molecule has 2 rings (SSSR count). The molecule has 0 aliphatic rings. The maximum absolute atomic E-state index is 9.57. The van der Waals surface area contributed by atoms with Crippen molar-refractivity contribution in [2.45, 2.75) is 13.0 Å². The molecule has 2 aromatic carbocycles. The fourth-order valence-electron chi connectivity index (χ4n) is 1.71. The second-order valence-electron chi connectivity index (χ2n) is 4.14. The van der Waals surface area contributed by atoms with Gasteiger partial charge >= 0.3 is 0 Å². The highest BCUT2D eigenvalue weighted by Crippen LogP contribution is 2.31. The van der Waals surface area contributed by atoms with Crippen LogP contribution < -0.4 is 9.47 Å². The van der Waals surface area contributed by atoms with Gasteiger partial charge < -0.3 is 14.6 Å². The van der Waals surface area contributed by atoms with Crippen molar-refractivity contribution >= 4 is 15.9 Å². The van der Waals surface area contributed by atoms with Crippen LogP contribution in [-0.2, 0) is 0 Å². The van der Waals surface area contributed by atoms with Gasteiger partial charge in [-0.1, -0.05) is 28.1 Å². The minimum absolute atomic E-state index is 0.514. The van der Waals surface area contributed by atoms with Crippen molar-refractivity contribution in [1.29, 1.82) is 0 Å². The van der Waals surface area contributed by atoms with Crippen LogP contribution in [-0.4, -0.2) is 12.2 Å². The molecule has 0 aliphatic heterocycles. The molecule has 2 aromatic rings. The van der Waals surface area contributed by atoms with Crippen LogP contribution in [0.3, 0.4) is 0 Å². The van der Waals surface area contributed by atoms with Gasteiger partial charge in [0.05, 0.1) is 13.2 Å². The monoisotopic (exact) mass is 322 g/mol. The van der Waals surface area contributed by atoms with Crippen molar-refractivity contribution in [2.75, 3.05) is 7.11 Å². The minimum Gasteiger partial charge on any atom is -0.497 e. The summed E-state index contributed by atoms with van der Waals surface area (Å²) in [5.41, 5.74) is 0.831. The fraction of sp³-hybridized carbons (Fsp3) is 0.200. The third-order valence-electron chi connectivity index (χ3n) is 2.70. The number of aliphatic hydroxyl groups is 1. The molecule has 0 unspecified atom stereocenters. The molecule has 0 spiro atoms. The van der Waals surface area contributed by atoms with E-state index in [1.807, 2.05) is 42.5 Å². The lowest BCUT2D eigenvalue weighted by atomic mass is 10.1. The molecule has 0 radical (unpaired) electrons. The third-order valence-corrected chi connectivity index (χ3v) is 3.39. The van der Waals surface area contributed by atoms with Gasteiger partial charge in [-0.05, 0) is 36.8 Å². The van der Waals surface area contributed by atoms with Gasteiger partial charge in [-0.25, -0.2) is 0 Å². The van der Waals surface area contributed by atoms with Crippen LogP contribution in [0.2, 0.25) is 0 Å². The van der Waals surface area contributed by atoms with E-state index in [2.05, 4.69) is 15.9 Å². The molecule has 1 atom stereocenters. The first-order valence-electron chi connectivity index (χ1n) is 5.89. The maximum Gasteiger partial charge on any atom is 0.131 e. The minimum atomic E-state index is -0.514. The van der Waals surface area contributed by atoms with Gasteiger partial charge in [0, 0.05) is 10.5 Å². The van der Waals surface area contributed by atoms with Gasteiger partial charge in [0.25, 0.3) is 0 Å². The molecule has 0 saturated carbocycles. The van der Waals surface area contributed by atoms with E-state index in [1.165, 1.54) is 0 Å². The molecule has 0 saturated heterocycles. The van der Waals surface area contributed by atoms with E-state index in [-0.39, 0.29) is 0 Å². The molecule has 100 valence electrons. The van der Waals surface area contributed by atoms with Crippen LogP contribution in [0.1, 0.15) is 18.6 Å². The first kappa shape index (κ1) is 13.9. The summed E-state index contributed by atoms with van der Waals surface area (Å²) in [4.78, 5) is 0. The standard InChI is InChI=1S/C15H15BrO3/c1-10(17)14-7-6-13(9-15(14)16)19-12-5-3-4-11(8-12)18-2/h3-10,17H,1-2H3/t10-/m1/s1. The lowest BCUT2D eigenvalue weighted by molar-refractivity contribution is 0.198. The normalized spacial score (nSPS) is 12.0. The van der Waals surface area contributed by atoms with Crippen molar-refractivity contribution in [3.8, 4) is 17.2 Å². The highest BCUT2D eigenvalue weighted by atomic mass is 79.9. The summed E-state index contributed by atoms with van der Waals surface area (Å²) >= 11 is 3.42. The summed E-state index contributed by atoms with van der Waals surface area (Å²) in [5.74, 6) is 2.15. The van der Waals surface area contributed by atoms with Crippen LogP contribution >= 0.6 is 15.9 Å². The van der Waals surface area contributed by atoms with E-state index in [0.717, 1.165) is 15.8 Å². The van der Waals surface area contributed by atoms with Crippen LogP contribution in [0, 0.1) is 0 Å². The first-order chi connectivity index (χ1) is 9.10. The Labute approximate surface area is 120 Å². The zero-order chi connectivity index (χ0) is 13.8. The number of hydrogen-bond donors (Lipinski definition) is 1. The van der Waals surface area contributed by atoms with Gasteiger partial charge in [0.2, 0.25) is 0 Å². The Hall–Kier alpha value is -1.52. The first-order valence-corrected chi connectivity index (χ1v) is 6.69. The topological polar surface area (TPSA) is 38.7 Å². The average Bonchev–Trinajstić information content (AvgIpc) is 2.38. The molecule has 0 bridgehead atoms. The molecule has 0 amide bonds. The zero-order valence-electron chi connectivity index (χ0n) is 10.8. The Morgan fingerprint density at radius 3 is 2.37 bits per heavy atom. The Morgan fingerprint density at radius 2 is 1.74 bits per heavy atom. The maximum atomic E-state index is 9.57. The third kappa shape index (κ3) is 3.49. The average molecular weight is 323 g/mol. The van der Waals surface area contributed by atoms with Gasteiger partial charge in [0.1, 0.15) is 17.2 Å². The summed E-state index contributed by atoms with van der Waals surface area (Å²) in [5, 5.41) is 9.57. The van der Waals surface area contributed by atoms with E-state index in [1.54, 1.807) is 14.0 Å². The van der Waals surface area contributed by atoms with Gasteiger partial charge in [-0.2, -0.15) is 0 Å². The second-order valence-corrected chi connectivity index (χ2v) is 4.99. The van der Waals surface area contributed by atoms with Crippen LogP contribution in [0.5, 0.6) is 17.2 Å². The lowest BCUT2D eigenvalue weighted by Gasteiger charge is -2.11. The quantitative estimate of drug-likeness (QED) is 0.911. The van der Waals surface area contributed by atoms with Crippen molar-refractivity contribution in [3.05, 3.63) is 52.5 Å². The van der Waals surface area contributed by atoms with Crippen molar-refractivity contribution in [2.24, 2.45) is 0 Å². The zero-order valence-corrected chi connectivity index (χ0v) is 12.3. The molecule has 0 heterocycles. The molecular weight excluding hydrogens is 308 g/mol. The second kappa shape index (κ2) is 6.08. The molecule has 0 fully saturated rings.